The third-order valence-corrected chi connectivity index (χ3v) is 3.41. The van der Waals surface area contributed by atoms with Crippen molar-refractivity contribution >= 4 is 21.6 Å². The highest BCUT2D eigenvalue weighted by Crippen LogP contribution is 2.29. The van der Waals surface area contributed by atoms with E-state index >= 15 is 0 Å². The molecule has 1 aromatic rings. The molecule has 2 rings (SSSR count). The summed E-state index contributed by atoms with van der Waals surface area (Å²) in [6, 6.07) is 5.05. The molecule has 17 heavy (non-hydrogen) atoms. The van der Waals surface area contributed by atoms with Gasteiger partial charge in [0, 0.05) is 28.2 Å². The highest BCUT2D eigenvalue weighted by molar-refractivity contribution is 9.10. The van der Waals surface area contributed by atoms with E-state index in [1.165, 1.54) is 6.07 Å². The molecular formula is C11H13BrN2O3. The molecule has 0 bridgehead atoms. The lowest BCUT2D eigenvalue weighted by atomic mass is 9.90. The van der Waals surface area contributed by atoms with Crippen molar-refractivity contribution in [2.45, 2.75) is 18.4 Å². The lowest BCUT2D eigenvalue weighted by molar-refractivity contribution is -0.385. The molecule has 0 radical (unpaired) electrons. The average molecular weight is 301 g/mol. The standard InChI is InChI=1S/C11H13BrN2O3/c12-9-2-1-8(10(5-9)14(15)16)6-11(13)3-4-17-7-11/h1-2,5H,3-4,6-7,13H2. The van der Waals surface area contributed by atoms with Crippen LogP contribution in [0, 0.1) is 10.1 Å². The van der Waals surface area contributed by atoms with Crippen LogP contribution in [-0.4, -0.2) is 23.7 Å². The van der Waals surface area contributed by atoms with E-state index in [0.717, 1.165) is 6.42 Å². The van der Waals surface area contributed by atoms with Gasteiger partial charge in [0.05, 0.1) is 11.5 Å². The molecule has 1 atom stereocenters. The Labute approximate surface area is 107 Å². The summed E-state index contributed by atoms with van der Waals surface area (Å²) in [5.74, 6) is 0. The Morgan fingerprint density at radius 2 is 2.35 bits per heavy atom. The third kappa shape index (κ3) is 2.83. The molecule has 6 heteroatoms. The molecular weight excluding hydrogens is 288 g/mol. The van der Waals surface area contributed by atoms with E-state index in [1.54, 1.807) is 12.1 Å². The summed E-state index contributed by atoms with van der Waals surface area (Å²) in [4.78, 5) is 10.6. The molecule has 1 aromatic carbocycles. The van der Waals surface area contributed by atoms with Gasteiger partial charge in [-0.3, -0.25) is 10.1 Å². The molecule has 5 nitrogen and oxygen atoms in total. The zero-order valence-corrected chi connectivity index (χ0v) is 10.8. The second-order valence-corrected chi connectivity index (χ2v) is 5.29. The Morgan fingerprint density at radius 3 is 2.94 bits per heavy atom. The molecule has 1 fully saturated rings. The molecule has 1 aliphatic heterocycles. The van der Waals surface area contributed by atoms with Crippen LogP contribution in [0.15, 0.2) is 22.7 Å². The van der Waals surface area contributed by atoms with E-state index in [1.807, 2.05) is 0 Å². The topological polar surface area (TPSA) is 78.4 Å². The van der Waals surface area contributed by atoms with Crippen LogP contribution in [0.25, 0.3) is 0 Å². The van der Waals surface area contributed by atoms with Gasteiger partial charge in [-0.15, -0.1) is 0 Å². The van der Waals surface area contributed by atoms with Crippen LogP contribution >= 0.6 is 15.9 Å². The smallest absolute Gasteiger partial charge is 0.273 e. The number of nitro benzene ring substituents is 1. The minimum absolute atomic E-state index is 0.108. The number of benzene rings is 1. The molecule has 1 aliphatic rings. The maximum atomic E-state index is 11.0. The normalized spacial score (nSPS) is 23.9. The van der Waals surface area contributed by atoms with Gasteiger partial charge in [0.25, 0.3) is 5.69 Å². The fourth-order valence-electron chi connectivity index (χ4n) is 2.00. The largest absolute Gasteiger partial charge is 0.379 e. The lowest BCUT2D eigenvalue weighted by Gasteiger charge is -2.21. The maximum Gasteiger partial charge on any atom is 0.273 e. The molecule has 0 saturated carbocycles. The average Bonchev–Trinajstić information content (AvgIpc) is 2.67. The highest BCUT2D eigenvalue weighted by atomic mass is 79.9. The number of ether oxygens (including phenoxy) is 1. The fourth-order valence-corrected chi connectivity index (χ4v) is 2.35. The van der Waals surface area contributed by atoms with Gasteiger partial charge in [0.1, 0.15) is 0 Å². The Bertz CT molecular complexity index is 444. The summed E-state index contributed by atoms with van der Waals surface area (Å²) in [7, 11) is 0. The molecule has 1 unspecified atom stereocenters. The monoisotopic (exact) mass is 300 g/mol. The second kappa shape index (κ2) is 4.72. The number of halogens is 1. The van der Waals surface area contributed by atoms with Crippen molar-refractivity contribution in [1.29, 1.82) is 0 Å². The van der Waals surface area contributed by atoms with Gasteiger partial charge < -0.3 is 10.5 Å². The minimum Gasteiger partial charge on any atom is -0.379 e. The molecule has 0 aliphatic carbocycles. The highest BCUT2D eigenvalue weighted by Gasteiger charge is 2.32. The van der Waals surface area contributed by atoms with Gasteiger partial charge in [0.2, 0.25) is 0 Å². The number of nitro groups is 1. The van der Waals surface area contributed by atoms with E-state index in [0.29, 0.717) is 29.7 Å². The zero-order valence-electron chi connectivity index (χ0n) is 9.19. The van der Waals surface area contributed by atoms with Gasteiger partial charge in [0.15, 0.2) is 0 Å². The predicted octanol–water partition coefficient (Wildman–Crippen LogP) is 2.02. The fraction of sp³-hybridized carbons (Fsp3) is 0.455. The molecule has 1 saturated heterocycles. The summed E-state index contributed by atoms with van der Waals surface area (Å²) in [5, 5.41) is 11.0. The number of nitrogens with zero attached hydrogens (tertiary/aromatic N) is 1. The van der Waals surface area contributed by atoms with Crippen molar-refractivity contribution in [3.8, 4) is 0 Å². The molecule has 0 aromatic heterocycles. The molecule has 0 amide bonds. The Balaban J connectivity index is 2.28. The first kappa shape index (κ1) is 12.5. The van der Waals surface area contributed by atoms with Crippen molar-refractivity contribution < 1.29 is 9.66 Å². The first-order valence-electron chi connectivity index (χ1n) is 5.30. The van der Waals surface area contributed by atoms with E-state index in [-0.39, 0.29) is 10.6 Å². The van der Waals surface area contributed by atoms with Gasteiger partial charge >= 0.3 is 0 Å². The van der Waals surface area contributed by atoms with Crippen LogP contribution in [0.3, 0.4) is 0 Å². The second-order valence-electron chi connectivity index (χ2n) is 4.37. The first-order valence-corrected chi connectivity index (χ1v) is 6.09. The maximum absolute atomic E-state index is 11.0. The van der Waals surface area contributed by atoms with Crippen molar-refractivity contribution in [2.24, 2.45) is 5.73 Å². The number of hydrogen-bond acceptors (Lipinski definition) is 4. The van der Waals surface area contributed by atoms with Crippen molar-refractivity contribution in [3.63, 3.8) is 0 Å². The van der Waals surface area contributed by atoms with E-state index < -0.39 is 5.54 Å². The zero-order chi connectivity index (χ0) is 12.5. The van der Waals surface area contributed by atoms with E-state index in [9.17, 15) is 10.1 Å². The Hall–Kier alpha value is -0.980. The Morgan fingerprint density at radius 1 is 1.59 bits per heavy atom. The van der Waals surface area contributed by atoms with E-state index in [2.05, 4.69) is 15.9 Å². The lowest BCUT2D eigenvalue weighted by Crippen LogP contribution is -2.42. The van der Waals surface area contributed by atoms with Gasteiger partial charge in [-0.05, 0) is 18.9 Å². The summed E-state index contributed by atoms with van der Waals surface area (Å²) >= 11 is 3.23. The van der Waals surface area contributed by atoms with Gasteiger partial charge in [-0.2, -0.15) is 0 Å². The van der Waals surface area contributed by atoms with Crippen LogP contribution in [0.5, 0.6) is 0 Å². The Kier molecular flexibility index (Phi) is 3.46. The number of rotatable bonds is 3. The minimum atomic E-state index is -0.474. The number of nitrogens with two attached hydrogens (primary N) is 1. The molecule has 2 N–H and O–H groups in total. The van der Waals surface area contributed by atoms with Crippen molar-refractivity contribution in [2.75, 3.05) is 13.2 Å². The van der Waals surface area contributed by atoms with Crippen LogP contribution < -0.4 is 5.73 Å². The van der Waals surface area contributed by atoms with Gasteiger partial charge in [-0.1, -0.05) is 22.0 Å². The predicted molar refractivity (Wildman–Crippen MR) is 66.9 cm³/mol. The van der Waals surface area contributed by atoms with Gasteiger partial charge in [-0.25, -0.2) is 0 Å². The van der Waals surface area contributed by atoms with Crippen LogP contribution in [0.1, 0.15) is 12.0 Å². The first-order chi connectivity index (χ1) is 8.00. The van der Waals surface area contributed by atoms with Crippen LogP contribution in [0.4, 0.5) is 5.69 Å². The number of hydrogen-bond donors (Lipinski definition) is 1. The molecule has 0 spiro atoms. The summed E-state index contributed by atoms with van der Waals surface area (Å²) in [6.45, 7) is 1.08. The molecule has 92 valence electrons. The van der Waals surface area contributed by atoms with Crippen molar-refractivity contribution in [3.05, 3.63) is 38.3 Å². The summed E-state index contributed by atoms with van der Waals surface area (Å²) in [6.07, 6.45) is 1.21. The van der Waals surface area contributed by atoms with Crippen LogP contribution in [-0.2, 0) is 11.2 Å². The third-order valence-electron chi connectivity index (χ3n) is 2.92. The van der Waals surface area contributed by atoms with Crippen molar-refractivity contribution in [1.82, 2.24) is 0 Å². The quantitative estimate of drug-likeness (QED) is 0.684. The summed E-state index contributed by atoms with van der Waals surface area (Å²) in [5.41, 5.74) is 6.43. The van der Waals surface area contributed by atoms with Crippen LogP contribution in [0.2, 0.25) is 0 Å². The molecule has 1 heterocycles. The van der Waals surface area contributed by atoms with E-state index in [4.69, 9.17) is 10.5 Å². The SMILES string of the molecule is NC1(Cc2ccc(Br)cc2[N+](=O)[O-])CCOC1. The summed E-state index contributed by atoms with van der Waals surface area (Å²) < 4.78 is 5.95.